The van der Waals surface area contributed by atoms with Crippen LogP contribution in [-0.4, -0.2) is 31.7 Å². The predicted octanol–water partition coefficient (Wildman–Crippen LogP) is 0.735. The molecule has 1 aliphatic rings. The molecule has 1 saturated heterocycles. The van der Waals surface area contributed by atoms with Gasteiger partial charge in [-0.3, -0.25) is 4.98 Å². The Morgan fingerprint density at radius 1 is 1.44 bits per heavy atom. The van der Waals surface area contributed by atoms with Crippen LogP contribution < -0.4 is 5.32 Å². The van der Waals surface area contributed by atoms with E-state index in [1.54, 1.807) is 6.20 Å². The van der Waals surface area contributed by atoms with E-state index in [0.717, 1.165) is 38.2 Å². The zero-order valence-electron chi connectivity index (χ0n) is 10.2. The number of rotatable bonds is 5. The molecule has 0 amide bonds. The summed E-state index contributed by atoms with van der Waals surface area (Å²) in [6.45, 7) is 1.92. The lowest BCUT2D eigenvalue weighted by molar-refractivity contribution is 0.346. The Balaban J connectivity index is 1.55. The highest BCUT2D eigenvalue weighted by molar-refractivity contribution is 5.08. The largest absolute Gasteiger partial charge is 0.307 e. The molecule has 0 aliphatic carbocycles. The first-order valence-electron chi connectivity index (χ1n) is 6.32. The first kappa shape index (κ1) is 11.3. The smallest absolute Gasteiger partial charge is 0.168 e. The van der Waals surface area contributed by atoms with E-state index in [-0.39, 0.29) is 0 Å². The molecule has 0 spiro atoms. The van der Waals surface area contributed by atoms with E-state index >= 15 is 0 Å². The maximum atomic E-state index is 4.11. The highest BCUT2D eigenvalue weighted by Gasteiger charge is 2.24. The number of nitrogens with zero attached hydrogens (tertiary/aromatic N) is 5. The molecule has 0 bridgehead atoms. The van der Waals surface area contributed by atoms with Crippen molar-refractivity contribution in [2.45, 2.75) is 31.8 Å². The van der Waals surface area contributed by atoms with Gasteiger partial charge in [0.1, 0.15) is 0 Å². The maximum Gasteiger partial charge on any atom is 0.168 e. The molecule has 0 aromatic carbocycles. The zero-order valence-corrected chi connectivity index (χ0v) is 10.2. The first-order valence-corrected chi connectivity index (χ1v) is 6.32. The third-order valence-electron chi connectivity index (χ3n) is 3.25. The maximum absolute atomic E-state index is 4.11. The van der Waals surface area contributed by atoms with E-state index in [1.165, 1.54) is 5.56 Å². The molecule has 1 N–H and O–H groups in total. The fourth-order valence-electron chi connectivity index (χ4n) is 2.11. The van der Waals surface area contributed by atoms with Crippen LogP contribution in [0.2, 0.25) is 0 Å². The number of aryl methyl sites for hydroxylation is 2. The van der Waals surface area contributed by atoms with Crippen molar-refractivity contribution in [3.05, 3.63) is 35.9 Å². The fourth-order valence-corrected chi connectivity index (χ4v) is 2.11. The van der Waals surface area contributed by atoms with Crippen molar-refractivity contribution in [3.8, 4) is 0 Å². The van der Waals surface area contributed by atoms with Gasteiger partial charge in [-0.05, 0) is 47.9 Å². The molecule has 0 saturated carbocycles. The second kappa shape index (κ2) is 5.22. The Morgan fingerprint density at radius 3 is 3.11 bits per heavy atom. The van der Waals surface area contributed by atoms with Crippen LogP contribution in [0.3, 0.4) is 0 Å². The van der Waals surface area contributed by atoms with Crippen molar-refractivity contribution < 1.29 is 0 Å². The lowest BCUT2D eigenvalue weighted by atomic mass is 10.1. The normalized spacial score (nSPS) is 18.6. The van der Waals surface area contributed by atoms with Crippen molar-refractivity contribution in [2.24, 2.45) is 0 Å². The van der Waals surface area contributed by atoms with Gasteiger partial charge in [-0.15, -0.1) is 5.10 Å². The highest BCUT2D eigenvalue weighted by Crippen LogP contribution is 2.19. The van der Waals surface area contributed by atoms with Crippen molar-refractivity contribution in [2.75, 3.05) is 6.54 Å². The molecule has 2 aromatic heterocycles. The van der Waals surface area contributed by atoms with E-state index in [0.29, 0.717) is 6.04 Å². The Labute approximate surface area is 105 Å². The van der Waals surface area contributed by atoms with Gasteiger partial charge in [0.2, 0.25) is 0 Å². The Morgan fingerprint density at radius 2 is 2.39 bits per heavy atom. The molecule has 1 fully saturated rings. The average Bonchev–Trinajstić information content (AvgIpc) is 2.77. The minimum absolute atomic E-state index is 0.346. The van der Waals surface area contributed by atoms with Crippen molar-refractivity contribution in [1.82, 2.24) is 30.5 Å². The number of hydrogen-bond donors (Lipinski definition) is 1. The zero-order chi connectivity index (χ0) is 12.2. The minimum Gasteiger partial charge on any atom is -0.307 e. The summed E-state index contributed by atoms with van der Waals surface area (Å²) in [5, 5.41) is 15.2. The molecular weight excluding hydrogens is 228 g/mol. The Bertz CT molecular complexity index is 490. The van der Waals surface area contributed by atoms with E-state index in [4.69, 9.17) is 0 Å². The van der Waals surface area contributed by atoms with Gasteiger partial charge in [0.05, 0.1) is 6.04 Å². The molecule has 1 atom stereocenters. The number of hydrogen-bond acceptors (Lipinski definition) is 5. The van der Waals surface area contributed by atoms with Crippen LogP contribution >= 0.6 is 0 Å². The molecular formula is C12H16N6. The summed E-state index contributed by atoms with van der Waals surface area (Å²) >= 11 is 0. The van der Waals surface area contributed by atoms with Crippen molar-refractivity contribution >= 4 is 0 Å². The minimum atomic E-state index is 0.346. The van der Waals surface area contributed by atoms with Gasteiger partial charge in [-0.25, -0.2) is 4.68 Å². The molecule has 3 heterocycles. The summed E-state index contributed by atoms with van der Waals surface area (Å²) in [6.07, 6.45) is 6.86. The topological polar surface area (TPSA) is 68.5 Å². The van der Waals surface area contributed by atoms with Gasteiger partial charge in [0.25, 0.3) is 0 Å². The summed E-state index contributed by atoms with van der Waals surface area (Å²) in [4.78, 5) is 4.11. The quantitative estimate of drug-likeness (QED) is 0.840. The summed E-state index contributed by atoms with van der Waals surface area (Å²) in [5.74, 6) is 0.965. The molecule has 3 rings (SSSR count). The SMILES string of the molecule is c1cncc(CCCn2nnnc2C2CCN2)c1. The van der Waals surface area contributed by atoms with E-state index < -0.39 is 0 Å². The van der Waals surface area contributed by atoms with E-state index in [1.807, 2.05) is 16.9 Å². The van der Waals surface area contributed by atoms with E-state index in [9.17, 15) is 0 Å². The van der Waals surface area contributed by atoms with Crippen LogP contribution in [0, 0.1) is 0 Å². The Kier molecular flexibility index (Phi) is 3.27. The first-order chi connectivity index (χ1) is 8.93. The van der Waals surface area contributed by atoms with Crippen LogP contribution in [0.4, 0.5) is 0 Å². The molecule has 2 aromatic rings. The van der Waals surface area contributed by atoms with Crippen molar-refractivity contribution in [1.29, 1.82) is 0 Å². The highest BCUT2D eigenvalue weighted by atomic mass is 15.5. The Hall–Kier alpha value is -1.82. The van der Waals surface area contributed by atoms with Crippen molar-refractivity contribution in [3.63, 3.8) is 0 Å². The summed E-state index contributed by atoms with van der Waals surface area (Å²) < 4.78 is 1.91. The lowest BCUT2D eigenvalue weighted by Crippen LogP contribution is -2.37. The summed E-state index contributed by atoms with van der Waals surface area (Å²) in [7, 11) is 0. The third-order valence-corrected chi connectivity index (χ3v) is 3.25. The second-order valence-electron chi connectivity index (χ2n) is 4.52. The molecule has 1 unspecified atom stereocenters. The lowest BCUT2D eigenvalue weighted by Gasteiger charge is -2.26. The van der Waals surface area contributed by atoms with Gasteiger partial charge < -0.3 is 5.32 Å². The second-order valence-corrected chi connectivity index (χ2v) is 4.52. The number of nitrogens with one attached hydrogen (secondary N) is 1. The molecule has 18 heavy (non-hydrogen) atoms. The van der Waals surface area contributed by atoms with E-state index in [2.05, 4.69) is 31.9 Å². The van der Waals surface area contributed by atoms with Crippen LogP contribution in [0.25, 0.3) is 0 Å². The number of tetrazole rings is 1. The predicted molar refractivity (Wildman–Crippen MR) is 65.7 cm³/mol. The van der Waals surface area contributed by atoms with Gasteiger partial charge in [-0.2, -0.15) is 0 Å². The van der Waals surface area contributed by atoms with Gasteiger partial charge >= 0.3 is 0 Å². The average molecular weight is 244 g/mol. The monoisotopic (exact) mass is 244 g/mol. The standard InChI is InChI=1S/C12H16N6/c1-3-10(9-13-6-1)4-2-8-18-12(15-16-17-18)11-5-7-14-11/h1,3,6,9,11,14H,2,4-5,7-8H2. The van der Waals surface area contributed by atoms with Gasteiger partial charge in [0.15, 0.2) is 5.82 Å². The number of aromatic nitrogens is 5. The van der Waals surface area contributed by atoms with Crippen LogP contribution in [0.5, 0.6) is 0 Å². The molecule has 1 aliphatic heterocycles. The molecule has 0 radical (unpaired) electrons. The van der Waals surface area contributed by atoms with Crippen LogP contribution in [0.1, 0.15) is 30.3 Å². The van der Waals surface area contributed by atoms with Gasteiger partial charge in [0, 0.05) is 18.9 Å². The summed E-state index contributed by atoms with van der Waals surface area (Å²) in [5.41, 5.74) is 1.26. The third kappa shape index (κ3) is 2.38. The molecule has 94 valence electrons. The number of pyridine rings is 1. The van der Waals surface area contributed by atoms with Gasteiger partial charge in [-0.1, -0.05) is 6.07 Å². The van der Waals surface area contributed by atoms with Crippen LogP contribution in [-0.2, 0) is 13.0 Å². The summed E-state index contributed by atoms with van der Waals surface area (Å²) in [6, 6.07) is 4.41. The molecule has 6 heteroatoms. The van der Waals surface area contributed by atoms with Crippen LogP contribution in [0.15, 0.2) is 24.5 Å². The fraction of sp³-hybridized carbons (Fsp3) is 0.500. The molecule has 6 nitrogen and oxygen atoms in total.